The minimum absolute atomic E-state index is 0.0746. The molecule has 0 saturated heterocycles. The van der Waals surface area contributed by atoms with Gasteiger partial charge in [0.25, 0.3) is 0 Å². The van der Waals surface area contributed by atoms with Crippen molar-refractivity contribution in [2.75, 3.05) is 19.7 Å². The van der Waals surface area contributed by atoms with Crippen LogP contribution in [0.1, 0.15) is 11.3 Å². The van der Waals surface area contributed by atoms with Crippen molar-refractivity contribution in [1.29, 1.82) is 0 Å². The van der Waals surface area contributed by atoms with Crippen molar-refractivity contribution in [1.82, 2.24) is 15.2 Å². The van der Waals surface area contributed by atoms with Gasteiger partial charge in [0.2, 0.25) is 5.91 Å². The van der Waals surface area contributed by atoms with Gasteiger partial charge >= 0.3 is 6.09 Å². The smallest absolute Gasteiger partial charge is 0.410 e. The number of amides is 2. The summed E-state index contributed by atoms with van der Waals surface area (Å²) in [5, 5.41) is 11.3. The lowest BCUT2D eigenvalue weighted by molar-refractivity contribution is -0.122. The van der Waals surface area contributed by atoms with Crippen LogP contribution in [-0.4, -0.2) is 54.5 Å². The normalized spacial score (nSPS) is 10.2. The van der Waals surface area contributed by atoms with Gasteiger partial charge in [0.05, 0.1) is 18.8 Å². The maximum Gasteiger partial charge on any atom is 0.410 e. The molecular formula is C18H20BN3O4. The Balaban J connectivity index is 2.02. The van der Waals surface area contributed by atoms with Gasteiger partial charge in [-0.15, -0.1) is 0 Å². The van der Waals surface area contributed by atoms with E-state index in [1.165, 1.54) is 4.90 Å². The minimum Gasteiger partial charge on any atom is -0.445 e. The van der Waals surface area contributed by atoms with E-state index in [2.05, 4.69) is 10.3 Å². The zero-order valence-corrected chi connectivity index (χ0v) is 14.3. The van der Waals surface area contributed by atoms with Gasteiger partial charge in [-0.25, -0.2) is 4.79 Å². The van der Waals surface area contributed by atoms with Crippen molar-refractivity contribution in [3.63, 3.8) is 0 Å². The molecule has 0 unspecified atom stereocenters. The average Bonchev–Trinajstić information content (AvgIpc) is 2.65. The highest BCUT2D eigenvalue weighted by atomic mass is 16.6. The summed E-state index contributed by atoms with van der Waals surface area (Å²) in [7, 11) is 5.66. The number of rotatable bonds is 8. The second kappa shape index (κ2) is 10.2. The molecule has 2 rings (SSSR count). The number of carbonyl (C=O) groups is 2. The van der Waals surface area contributed by atoms with E-state index in [-0.39, 0.29) is 32.8 Å². The number of benzene rings is 1. The lowest BCUT2D eigenvalue weighted by Crippen LogP contribution is -2.41. The van der Waals surface area contributed by atoms with Gasteiger partial charge in [-0.2, -0.15) is 0 Å². The average molecular weight is 353 g/mol. The lowest BCUT2D eigenvalue weighted by atomic mass is 10.0. The van der Waals surface area contributed by atoms with E-state index < -0.39 is 12.0 Å². The molecule has 1 aromatic heterocycles. The number of hydrogen-bond donors (Lipinski definition) is 2. The zero-order chi connectivity index (χ0) is 18.8. The highest BCUT2D eigenvalue weighted by Crippen LogP contribution is 2.06. The molecular weight excluding hydrogens is 333 g/mol. The Morgan fingerprint density at radius 2 is 1.92 bits per heavy atom. The van der Waals surface area contributed by atoms with Gasteiger partial charge in [0, 0.05) is 6.54 Å². The van der Waals surface area contributed by atoms with Crippen LogP contribution in [0.15, 0.2) is 48.5 Å². The fourth-order valence-corrected chi connectivity index (χ4v) is 2.20. The summed E-state index contributed by atoms with van der Waals surface area (Å²) in [5.74, 6) is -0.403. The van der Waals surface area contributed by atoms with Gasteiger partial charge in [0.1, 0.15) is 21.0 Å². The molecule has 26 heavy (non-hydrogen) atoms. The monoisotopic (exact) mass is 353 g/mol. The van der Waals surface area contributed by atoms with Crippen molar-refractivity contribution in [3.8, 4) is 0 Å². The third-order valence-corrected chi connectivity index (χ3v) is 3.41. The third kappa shape index (κ3) is 6.56. The molecule has 2 aromatic rings. The molecule has 1 heterocycles. The molecule has 2 amide bonds. The molecule has 7 nitrogen and oxygen atoms in total. The molecule has 2 N–H and O–H groups in total. The summed E-state index contributed by atoms with van der Waals surface area (Å²) in [6, 6.07) is 14.3. The fourth-order valence-electron chi connectivity index (χ4n) is 2.20. The SMILES string of the molecule is [B]c1cccc(CN(CC(=O)NCCO)C(=O)OCc2ccccc2)n1. The van der Waals surface area contributed by atoms with Crippen LogP contribution in [0.25, 0.3) is 0 Å². The molecule has 134 valence electrons. The van der Waals surface area contributed by atoms with Gasteiger partial charge in [-0.05, 0) is 17.2 Å². The Morgan fingerprint density at radius 1 is 1.15 bits per heavy atom. The van der Waals surface area contributed by atoms with E-state index in [0.29, 0.717) is 11.3 Å². The Morgan fingerprint density at radius 3 is 2.62 bits per heavy atom. The largest absolute Gasteiger partial charge is 0.445 e. The second-order valence-corrected chi connectivity index (χ2v) is 5.52. The Kier molecular flexibility index (Phi) is 7.63. The van der Waals surface area contributed by atoms with Crippen LogP contribution in [0.2, 0.25) is 0 Å². The summed E-state index contributed by atoms with van der Waals surface area (Å²) in [6.45, 7) is -0.114. The van der Waals surface area contributed by atoms with Crippen LogP contribution in [0.4, 0.5) is 4.79 Å². The Hall–Kier alpha value is -2.87. The van der Waals surface area contributed by atoms with Gasteiger partial charge in [-0.1, -0.05) is 42.5 Å². The number of nitrogens with zero attached hydrogens (tertiary/aromatic N) is 2. The van der Waals surface area contributed by atoms with Crippen LogP contribution in [0, 0.1) is 0 Å². The number of aromatic nitrogens is 1. The van der Waals surface area contributed by atoms with Crippen molar-refractivity contribution in [2.45, 2.75) is 13.2 Å². The number of aliphatic hydroxyl groups excluding tert-OH is 1. The molecule has 0 bridgehead atoms. The predicted octanol–water partition coefficient (Wildman–Crippen LogP) is 0.123. The lowest BCUT2D eigenvalue weighted by Gasteiger charge is -2.21. The first-order valence-corrected chi connectivity index (χ1v) is 8.13. The van der Waals surface area contributed by atoms with E-state index >= 15 is 0 Å². The quantitative estimate of drug-likeness (QED) is 0.658. The van der Waals surface area contributed by atoms with Crippen molar-refractivity contribution >= 4 is 25.4 Å². The van der Waals surface area contributed by atoms with Gasteiger partial charge in [-0.3, -0.25) is 14.7 Å². The molecule has 8 heteroatoms. The molecule has 0 saturated carbocycles. The topological polar surface area (TPSA) is 91.8 Å². The molecule has 1 aromatic carbocycles. The summed E-state index contributed by atoms with van der Waals surface area (Å²) >= 11 is 0. The maximum absolute atomic E-state index is 12.4. The zero-order valence-electron chi connectivity index (χ0n) is 14.3. The minimum atomic E-state index is -0.641. The highest BCUT2D eigenvalue weighted by Gasteiger charge is 2.19. The van der Waals surface area contributed by atoms with E-state index in [1.54, 1.807) is 18.2 Å². The number of nitrogens with one attached hydrogen (secondary N) is 1. The fraction of sp³-hybridized carbons (Fsp3) is 0.278. The molecule has 0 fully saturated rings. The molecule has 2 radical (unpaired) electrons. The van der Waals surface area contributed by atoms with Crippen LogP contribution in [0.5, 0.6) is 0 Å². The third-order valence-electron chi connectivity index (χ3n) is 3.41. The van der Waals surface area contributed by atoms with E-state index in [1.807, 2.05) is 30.3 Å². The number of hydrogen-bond acceptors (Lipinski definition) is 5. The summed E-state index contributed by atoms with van der Waals surface area (Å²) < 4.78 is 5.30. The summed E-state index contributed by atoms with van der Waals surface area (Å²) in [5.41, 5.74) is 1.70. The number of carbonyl (C=O) groups excluding carboxylic acids is 2. The van der Waals surface area contributed by atoms with Crippen molar-refractivity contribution < 1.29 is 19.4 Å². The van der Waals surface area contributed by atoms with Crippen LogP contribution < -0.4 is 10.9 Å². The Bertz CT molecular complexity index is 727. The van der Waals surface area contributed by atoms with Crippen LogP contribution in [0.3, 0.4) is 0 Å². The van der Waals surface area contributed by atoms with E-state index in [9.17, 15) is 9.59 Å². The first kappa shape index (κ1) is 19.5. The number of aliphatic hydroxyl groups is 1. The van der Waals surface area contributed by atoms with Crippen LogP contribution in [-0.2, 0) is 22.7 Å². The molecule has 0 spiro atoms. The predicted molar refractivity (Wildman–Crippen MR) is 96.8 cm³/mol. The molecule has 0 aliphatic heterocycles. The number of pyridine rings is 1. The standard InChI is InChI=1S/C18H20BN3O4/c19-16-8-4-7-15(21-16)11-22(12-17(24)20-9-10-23)18(25)26-13-14-5-2-1-3-6-14/h1-8,23H,9-13H2,(H,20,24). The summed E-state index contributed by atoms with van der Waals surface area (Å²) in [6.07, 6.45) is -0.641. The van der Waals surface area contributed by atoms with Gasteiger partial charge in [0.15, 0.2) is 0 Å². The highest BCUT2D eigenvalue weighted by molar-refractivity contribution is 6.30. The van der Waals surface area contributed by atoms with E-state index in [4.69, 9.17) is 17.7 Å². The molecule has 0 aliphatic carbocycles. The Labute approximate surface area is 153 Å². The molecule has 0 aliphatic rings. The number of ether oxygens (including phenoxy) is 1. The van der Waals surface area contributed by atoms with E-state index in [0.717, 1.165) is 5.56 Å². The molecule has 0 atom stereocenters. The van der Waals surface area contributed by atoms with Crippen LogP contribution >= 0.6 is 0 Å². The van der Waals surface area contributed by atoms with Crippen molar-refractivity contribution in [2.24, 2.45) is 0 Å². The second-order valence-electron chi connectivity index (χ2n) is 5.52. The van der Waals surface area contributed by atoms with Crippen molar-refractivity contribution in [3.05, 3.63) is 59.8 Å². The first-order chi connectivity index (χ1) is 12.6. The summed E-state index contributed by atoms with van der Waals surface area (Å²) in [4.78, 5) is 29.7. The van der Waals surface area contributed by atoms with Gasteiger partial charge < -0.3 is 15.2 Å². The first-order valence-electron chi connectivity index (χ1n) is 8.13. The maximum atomic E-state index is 12.4.